The first-order chi connectivity index (χ1) is 8.70. The summed E-state index contributed by atoms with van der Waals surface area (Å²) in [5, 5.41) is 3.23. The lowest BCUT2D eigenvalue weighted by atomic mass is 10.1. The maximum atomic E-state index is 13.1. The van der Waals surface area contributed by atoms with Crippen molar-refractivity contribution in [2.45, 2.75) is 18.9 Å². The van der Waals surface area contributed by atoms with E-state index < -0.39 is 11.8 Å². The van der Waals surface area contributed by atoms with Gasteiger partial charge in [0.1, 0.15) is 23.2 Å². The molecular formula is C13H17ClFNO3. The van der Waals surface area contributed by atoms with Crippen LogP contribution in [-0.4, -0.2) is 32.3 Å². The van der Waals surface area contributed by atoms with Crippen LogP contribution >= 0.6 is 12.4 Å². The third kappa shape index (κ3) is 4.08. The number of hydrogen-bond donors (Lipinski definition) is 1. The van der Waals surface area contributed by atoms with Gasteiger partial charge in [-0.3, -0.25) is 0 Å². The molecule has 0 bridgehead atoms. The standard InChI is InChI=1S/C13H16FNO3.ClH/c1-17-13(16)11-8-9(14)2-3-12(11)18-10-4-6-15-7-5-10;/h2-3,8,10,15H,4-7H2,1H3;1H. The van der Waals surface area contributed by atoms with Gasteiger partial charge in [-0.05, 0) is 44.1 Å². The van der Waals surface area contributed by atoms with Crippen LogP contribution in [0.3, 0.4) is 0 Å². The average molecular weight is 290 g/mol. The van der Waals surface area contributed by atoms with Crippen LogP contribution in [-0.2, 0) is 4.74 Å². The van der Waals surface area contributed by atoms with E-state index in [-0.39, 0.29) is 24.1 Å². The van der Waals surface area contributed by atoms with Crippen molar-refractivity contribution in [3.8, 4) is 5.75 Å². The first-order valence-electron chi connectivity index (χ1n) is 5.96. The maximum Gasteiger partial charge on any atom is 0.341 e. The Hall–Kier alpha value is -1.33. The van der Waals surface area contributed by atoms with Crippen molar-refractivity contribution in [1.82, 2.24) is 5.32 Å². The molecule has 0 spiro atoms. The summed E-state index contributed by atoms with van der Waals surface area (Å²) in [6.07, 6.45) is 1.80. The van der Waals surface area contributed by atoms with Crippen molar-refractivity contribution in [2.75, 3.05) is 20.2 Å². The minimum Gasteiger partial charge on any atom is -0.489 e. The summed E-state index contributed by atoms with van der Waals surface area (Å²) < 4.78 is 23.5. The van der Waals surface area contributed by atoms with Gasteiger partial charge in [0.2, 0.25) is 0 Å². The second kappa shape index (κ2) is 7.31. The van der Waals surface area contributed by atoms with Gasteiger partial charge < -0.3 is 14.8 Å². The Bertz CT molecular complexity index is 436. The Morgan fingerprint density at radius 2 is 2.05 bits per heavy atom. The highest BCUT2D eigenvalue weighted by molar-refractivity contribution is 5.92. The van der Waals surface area contributed by atoms with Crippen molar-refractivity contribution in [1.29, 1.82) is 0 Å². The Morgan fingerprint density at radius 1 is 1.37 bits per heavy atom. The van der Waals surface area contributed by atoms with E-state index in [0.717, 1.165) is 32.0 Å². The summed E-state index contributed by atoms with van der Waals surface area (Å²) in [5.41, 5.74) is 0.135. The highest BCUT2D eigenvalue weighted by Crippen LogP contribution is 2.23. The normalized spacial score (nSPS) is 15.5. The molecular weight excluding hydrogens is 273 g/mol. The second-order valence-electron chi connectivity index (χ2n) is 4.20. The van der Waals surface area contributed by atoms with E-state index in [9.17, 15) is 9.18 Å². The number of carbonyl (C=O) groups excluding carboxylic acids is 1. The molecule has 6 heteroatoms. The number of methoxy groups -OCH3 is 1. The Balaban J connectivity index is 0.00000180. The topological polar surface area (TPSA) is 47.6 Å². The van der Waals surface area contributed by atoms with E-state index in [1.165, 1.54) is 19.2 Å². The highest BCUT2D eigenvalue weighted by atomic mass is 35.5. The van der Waals surface area contributed by atoms with E-state index >= 15 is 0 Å². The number of rotatable bonds is 3. The predicted octanol–water partition coefficient (Wildman–Crippen LogP) is 2.16. The number of benzene rings is 1. The molecule has 0 aromatic heterocycles. The van der Waals surface area contributed by atoms with Crippen LogP contribution in [0.15, 0.2) is 18.2 Å². The van der Waals surface area contributed by atoms with Gasteiger partial charge in [-0.25, -0.2) is 9.18 Å². The first kappa shape index (κ1) is 15.7. The molecule has 1 fully saturated rings. The molecule has 1 aliphatic heterocycles. The van der Waals surface area contributed by atoms with Crippen LogP contribution in [0, 0.1) is 5.82 Å². The number of nitrogens with one attached hydrogen (secondary N) is 1. The van der Waals surface area contributed by atoms with Crippen LogP contribution in [0.1, 0.15) is 23.2 Å². The molecule has 0 aliphatic carbocycles. The number of carbonyl (C=O) groups is 1. The van der Waals surface area contributed by atoms with E-state index in [1.807, 2.05) is 0 Å². The van der Waals surface area contributed by atoms with Gasteiger partial charge in [0.15, 0.2) is 0 Å². The maximum absolute atomic E-state index is 13.1. The summed E-state index contributed by atoms with van der Waals surface area (Å²) in [7, 11) is 1.27. The second-order valence-corrected chi connectivity index (χ2v) is 4.20. The zero-order valence-corrected chi connectivity index (χ0v) is 11.5. The van der Waals surface area contributed by atoms with Crippen LogP contribution < -0.4 is 10.1 Å². The third-order valence-electron chi connectivity index (χ3n) is 2.93. The lowest BCUT2D eigenvalue weighted by Gasteiger charge is -2.24. The molecule has 4 nitrogen and oxygen atoms in total. The molecule has 106 valence electrons. The fourth-order valence-electron chi connectivity index (χ4n) is 1.97. The van der Waals surface area contributed by atoms with Crippen LogP contribution in [0.5, 0.6) is 5.75 Å². The molecule has 0 saturated carbocycles. The van der Waals surface area contributed by atoms with Crippen molar-refractivity contribution in [3.63, 3.8) is 0 Å². The third-order valence-corrected chi connectivity index (χ3v) is 2.93. The summed E-state index contributed by atoms with van der Waals surface area (Å²) in [6.45, 7) is 1.78. The van der Waals surface area contributed by atoms with Crippen LogP contribution in [0.2, 0.25) is 0 Å². The van der Waals surface area contributed by atoms with Gasteiger partial charge in [0.05, 0.1) is 7.11 Å². The van der Waals surface area contributed by atoms with Crippen LogP contribution in [0.4, 0.5) is 4.39 Å². The van der Waals surface area contributed by atoms with Crippen molar-refractivity contribution in [3.05, 3.63) is 29.6 Å². The minimum absolute atomic E-state index is 0. The Labute approximate surface area is 117 Å². The van der Waals surface area contributed by atoms with Crippen LogP contribution in [0.25, 0.3) is 0 Å². The molecule has 1 aromatic rings. The monoisotopic (exact) mass is 289 g/mol. The first-order valence-corrected chi connectivity index (χ1v) is 5.96. The molecule has 0 unspecified atom stereocenters. The summed E-state index contributed by atoms with van der Waals surface area (Å²) in [5.74, 6) is -0.679. The van der Waals surface area contributed by atoms with Crippen molar-refractivity contribution >= 4 is 18.4 Å². The van der Waals surface area contributed by atoms with Gasteiger partial charge in [0, 0.05) is 0 Å². The lowest BCUT2D eigenvalue weighted by molar-refractivity contribution is 0.0590. The number of piperidine rings is 1. The minimum atomic E-state index is -0.585. The quantitative estimate of drug-likeness (QED) is 0.867. The SMILES string of the molecule is COC(=O)c1cc(F)ccc1OC1CCNCC1.Cl. The number of halogens is 2. The fraction of sp³-hybridized carbons (Fsp3) is 0.462. The lowest BCUT2D eigenvalue weighted by Crippen LogP contribution is -2.34. The Kier molecular flexibility index (Phi) is 6.05. The zero-order chi connectivity index (χ0) is 13.0. The molecule has 19 heavy (non-hydrogen) atoms. The molecule has 1 N–H and O–H groups in total. The molecule has 0 atom stereocenters. The molecule has 2 rings (SSSR count). The van der Waals surface area contributed by atoms with Crippen molar-refractivity contribution in [2.24, 2.45) is 0 Å². The molecule has 0 radical (unpaired) electrons. The van der Waals surface area contributed by atoms with Crippen molar-refractivity contribution < 1.29 is 18.7 Å². The highest BCUT2D eigenvalue weighted by Gasteiger charge is 2.19. The van der Waals surface area contributed by atoms with Gasteiger partial charge in [-0.2, -0.15) is 0 Å². The number of esters is 1. The summed E-state index contributed by atoms with van der Waals surface area (Å²) in [6, 6.07) is 3.90. The van der Waals surface area contributed by atoms with Gasteiger partial charge >= 0.3 is 5.97 Å². The Morgan fingerprint density at radius 3 is 2.68 bits per heavy atom. The smallest absolute Gasteiger partial charge is 0.341 e. The average Bonchev–Trinajstić information content (AvgIpc) is 2.41. The molecule has 1 aromatic carbocycles. The summed E-state index contributed by atoms with van der Waals surface area (Å²) in [4.78, 5) is 11.5. The van der Waals surface area contributed by atoms with Gasteiger partial charge in [-0.15, -0.1) is 12.4 Å². The summed E-state index contributed by atoms with van der Waals surface area (Å²) >= 11 is 0. The molecule has 1 heterocycles. The number of hydrogen-bond acceptors (Lipinski definition) is 4. The predicted molar refractivity (Wildman–Crippen MR) is 71.5 cm³/mol. The van der Waals surface area contributed by atoms with E-state index in [4.69, 9.17) is 4.74 Å². The van der Waals surface area contributed by atoms with Gasteiger partial charge in [-0.1, -0.05) is 0 Å². The van der Waals surface area contributed by atoms with Gasteiger partial charge in [0.25, 0.3) is 0 Å². The zero-order valence-electron chi connectivity index (χ0n) is 10.6. The van der Waals surface area contributed by atoms with E-state index in [1.54, 1.807) is 0 Å². The largest absolute Gasteiger partial charge is 0.489 e. The van der Waals surface area contributed by atoms with E-state index in [2.05, 4.69) is 10.1 Å². The fourth-order valence-corrected chi connectivity index (χ4v) is 1.97. The molecule has 1 aliphatic rings. The van der Waals surface area contributed by atoms with E-state index in [0.29, 0.717) is 5.75 Å². The molecule has 1 saturated heterocycles. The number of ether oxygens (including phenoxy) is 2. The molecule has 0 amide bonds.